The summed E-state index contributed by atoms with van der Waals surface area (Å²) in [5, 5.41) is 0. The predicted molar refractivity (Wildman–Crippen MR) is 87.1 cm³/mol. The minimum atomic E-state index is -0.607. The van der Waals surface area contributed by atoms with Crippen molar-refractivity contribution >= 4 is 35.8 Å². The van der Waals surface area contributed by atoms with Crippen LogP contribution in [0.25, 0.3) is 0 Å². The third-order valence-electron chi connectivity index (χ3n) is 3.84. The molecule has 0 saturated carbocycles. The summed E-state index contributed by atoms with van der Waals surface area (Å²) in [4.78, 5) is 30.5. The number of rotatable bonds is 3. The molecule has 1 unspecified atom stereocenters. The van der Waals surface area contributed by atoms with E-state index < -0.39 is 11.9 Å². The number of imide groups is 1. The van der Waals surface area contributed by atoms with Crippen molar-refractivity contribution < 1.29 is 18.6 Å². The fourth-order valence-electron chi connectivity index (χ4n) is 2.52. The number of amidine groups is 1. The first kappa shape index (κ1) is 15.6. The second-order valence-electron chi connectivity index (χ2n) is 5.26. The molecule has 23 heavy (non-hydrogen) atoms. The molecule has 0 aromatic heterocycles. The fraction of sp³-hybridized carbons (Fsp3) is 0.250. The lowest BCUT2D eigenvalue weighted by molar-refractivity contribution is -0.407. The summed E-state index contributed by atoms with van der Waals surface area (Å²) in [5.74, 6) is -0.368. The molecule has 118 valence electrons. The van der Waals surface area contributed by atoms with E-state index in [0.717, 1.165) is 9.81 Å². The molecule has 7 heteroatoms. The summed E-state index contributed by atoms with van der Waals surface area (Å²) in [5.41, 5.74) is 0.573. The zero-order valence-corrected chi connectivity index (χ0v) is 13.5. The molecule has 0 spiro atoms. The van der Waals surface area contributed by atoms with Gasteiger partial charge in [-0.25, -0.2) is 9.18 Å². The van der Waals surface area contributed by atoms with E-state index in [0.29, 0.717) is 17.2 Å². The van der Waals surface area contributed by atoms with Crippen LogP contribution >= 0.6 is 11.8 Å². The van der Waals surface area contributed by atoms with Gasteiger partial charge in [-0.3, -0.25) is 4.79 Å². The highest BCUT2D eigenvalue weighted by molar-refractivity contribution is 8.02. The van der Waals surface area contributed by atoms with Crippen LogP contribution in [-0.4, -0.2) is 47.6 Å². The number of halogens is 1. The van der Waals surface area contributed by atoms with E-state index in [4.69, 9.17) is 0 Å². The number of benzene rings is 1. The average Bonchev–Trinajstić information content (AvgIpc) is 2.57. The quantitative estimate of drug-likeness (QED) is 0.798. The lowest BCUT2D eigenvalue weighted by Gasteiger charge is -2.26. The van der Waals surface area contributed by atoms with Crippen molar-refractivity contribution in [1.29, 1.82) is 0 Å². The molecular weight excluding hydrogens is 317 g/mol. The monoisotopic (exact) mass is 332 g/mol. The van der Waals surface area contributed by atoms with Gasteiger partial charge in [0.1, 0.15) is 12.0 Å². The van der Waals surface area contributed by atoms with Crippen molar-refractivity contribution in [3.8, 4) is 0 Å². The largest absolute Gasteiger partial charge is 0.445 e. The van der Waals surface area contributed by atoms with E-state index in [2.05, 4.69) is 4.99 Å². The van der Waals surface area contributed by atoms with Crippen LogP contribution in [0.15, 0.2) is 40.2 Å². The van der Waals surface area contributed by atoms with Gasteiger partial charge in [0.05, 0.1) is 14.1 Å². The summed E-state index contributed by atoms with van der Waals surface area (Å²) in [7, 11) is 3.05. The summed E-state index contributed by atoms with van der Waals surface area (Å²) >= 11 is 1.38. The number of fused-ring (bicyclic) bond motifs is 1. The van der Waals surface area contributed by atoms with Gasteiger partial charge in [-0.2, -0.15) is 9.48 Å². The molecule has 0 aliphatic carbocycles. The van der Waals surface area contributed by atoms with Gasteiger partial charge in [-0.1, -0.05) is 18.2 Å². The number of urea groups is 1. The summed E-state index contributed by atoms with van der Waals surface area (Å²) < 4.78 is 15.1. The molecule has 3 rings (SSSR count). The third-order valence-corrected chi connectivity index (χ3v) is 5.00. The molecule has 1 atom stereocenters. The summed E-state index contributed by atoms with van der Waals surface area (Å²) in [6.07, 6.45) is 3.31. The van der Waals surface area contributed by atoms with Crippen molar-refractivity contribution in [2.75, 3.05) is 14.1 Å². The highest BCUT2D eigenvalue weighted by Crippen LogP contribution is 2.33. The maximum atomic E-state index is 13.7. The van der Waals surface area contributed by atoms with Crippen molar-refractivity contribution in [1.82, 2.24) is 4.90 Å². The number of hydrogen-bond donors (Lipinski definition) is 0. The third kappa shape index (κ3) is 2.72. The number of hydrogen-bond acceptors (Lipinski definition) is 4. The Morgan fingerprint density at radius 3 is 2.83 bits per heavy atom. The van der Waals surface area contributed by atoms with E-state index in [-0.39, 0.29) is 11.7 Å². The number of amides is 3. The molecule has 3 amide bonds. The highest BCUT2D eigenvalue weighted by Gasteiger charge is 2.46. The topological polar surface area (TPSA) is 52.8 Å². The highest BCUT2D eigenvalue weighted by atomic mass is 32.2. The molecule has 5 nitrogen and oxygen atoms in total. The zero-order valence-electron chi connectivity index (χ0n) is 12.7. The smallest absolute Gasteiger partial charge is 0.255 e. The molecule has 1 aromatic carbocycles. The average molecular weight is 332 g/mol. The van der Waals surface area contributed by atoms with Crippen molar-refractivity contribution in [2.24, 2.45) is 10.9 Å². The maximum Gasteiger partial charge on any atom is 0.445 e. The van der Waals surface area contributed by atoms with Crippen molar-refractivity contribution in [3.05, 3.63) is 46.6 Å². The molecule has 2 heterocycles. The number of carbonyl (C=O) groups excluding carboxylic acids is 2. The molecule has 0 radical (unpaired) electrons. The lowest BCUT2D eigenvalue weighted by Crippen LogP contribution is -2.52. The molecule has 0 saturated heterocycles. The Hall–Kier alpha value is -2.28. The second-order valence-corrected chi connectivity index (χ2v) is 6.31. The Balaban J connectivity index is 1.88. The fourth-order valence-corrected chi connectivity index (χ4v) is 3.60. The van der Waals surface area contributed by atoms with Gasteiger partial charge in [0.25, 0.3) is 5.84 Å². The Morgan fingerprint density at radius 1 is 1.35 bits per heavy atom. The number of nitrogens with zero attached hydrogens (tertiary/aromatic N) is 3. The molecule has 0 bridgehead atoms. The van der Waals surface area contributed by atoms with Gasteiger partial charge in [0, 0.05) is 10.7 Å². The van der Waals surface area contributed by atoms with Gasteiger partial charge in [0.2, 0.25) is 0 Å². The minimum absolute atomic E-state index is 0.270. The lowest BCUT2D eigenvalue weighted by atomic mass is 10.0. The Labute approximate surface area is 137 Å². The van der Waals surface area contributed by atoms with Crippen LogP contribution in [0.5, 0.6) is 0 Å². The zero-order chi connectivity index (χ0) is 16.6. The molecule has 2 aliphatic rings. The Kier molecular flexibility index (Phi) is 4.12. The molecular formula is C16H15FN3O2S+. The van der Waals surface area contributed by atoms with Gasteiger partial charge in [-0.05, 0) is 17.7 Å². The first-order valence-electron chi connectivity index (χ1n) is 7.03. The first-order chi connectivity index (χ1) is 11.0. The van der Waals surface area contributed by atoms with Crippen LogP contribution in [-0.2, 0) is 10.5 Å². The molecule has 1 aromatic rings. The van der Waals surface area contributed by atoms with E-state index >= 15 is 0 Å². The van der Waals surface area contributed by atoms with E-state index in [1.807, 2.05) is 0 Å². The van der Waals surface area contributed by atoms with Crippen LogP contribution in [0.4, 0.5) is 9.18 Å². The predicted octanol–water partition coefficient (Wildman–Crippen LogP) is 2.28. The van der Waals surface area contributed by atoms with Crippen molar-refractivity contribution in [3.63, 3.8) is 0 Å². The number of dihydropyridines is 1. The number of allylic oxidation sites excluding steroid dienone is 1. The van der Waals surface area contributed by atoms with Gasteiger partial charge >= 0.3 is 11.9 Å². The Morgan fingerprint density at radius 2 is 2.09 bits per heavy atom. The summed E-state index contributed by atoms with van der Waals surface area (Å²) in [6, 6.07) is 6.14. The van der Waals surface area contributed by atoms with Gasteiger partial charge in [-0.15, -0.1) is 16.8 Å². The maximum absolute atomic E-state index is 13.7. The molecule has 2 aliphatic heterocycles. The van der Waals surface area contributed by atoms with Crippen LogP contribution in [0.1, 0.15) is 5.56 Å². The normalized spacial score (nSPS) is 20.7. The van der Waals surface area contributed by atoms with Crippen molar-refractivity contribution in [2.45, 2.75) is 5.75 Å². The second kappa shape index (κ2) is 6.08. The molecule has 0 N–H and O–H groups in total. The van der Waals surface area contributed by atoms with Gasteiger partial charge in [0.15, 0.2) is 5.92 Å². The standard InChI is InChI=1S/C16H15FN3O2S/c1-19-14-13(15(21)20(2)16(19)22)12(7-8-18-14)23-9-10-5-3-4-6-11(10)17/h3-8,13H,9H2,1-2H3/q+1. The van der Waals surface area contributed by atoms with Crippen LogP contribution in [0.2, 0.25) is 0 Å². The molecule has 0 fully saturated rings. The Bertz CT molecular complexity index is 785. The van der Waals surface area contributed by atoms with E-state index in [1.165, 1.54) is 29.5 Å². The van der Waals surface area contributed by atoms with Gasteiger partial charge < -0.3 is 0 Å². The van der Waals surface area contributed by atoms with Crippen LogP contribution in [0, 0.1) is 11.7 Å². The first-order valence-corrected chi connectivity index (χ1v) is 8.02. The van der Waals surface area contributed by atoms with E-state index in [9.17, 15) is 14.0 Å². The van der Waals surface area contributed by atoms with E-state index in [1.54, 1.807) is 37.5 Å². The van der Waals surface area contributed by atoms with Crippen LogP contribution < -0.4 is 0 Å². The van der Waals surface area contributed by atoms with Crippen LogP contribution in [0.3, 0.4) is 0 Å². The number of aliphatic imine (C=N–C) groups is 1. The number of thioether (sulfide) groups is 1. The summed E-state index contributed by atoms with van der Waals surface area (Å²) in [6.45, 7) is 0. The SMILES string of the molecule is CN1C(=O)C2C(SCc3ccccc3F)=CC=NC2=[N+](C)C1=O. The minimum Gasteiger partial charge on any atom is -0.255 e. The number of carbonyl (C=O) groups is 2.